The molecule has 0 aliphatic carbocycles. The molecule has 1 N–H and O–H groups in total. The molecule has 2 aromatic carbocycles. The van der Waals surface area contributed by atoms with E-state index in [1.165, 1.54) is 5.56 Å². The number of benzene rings is 2. The van der Waals surface area contributed by atoms with Gasteiger partial charge < -0.3 is 14.6 Å². The minimum Gasteiger partial charge on any atom is -0.467 e. The van der Waals surface area contributed by atoms with Crippen LogP contribution in [0.5, 0.6) is 0 Å². The average Bonchev–Trinajstić information content (AvgIpc) is 3.11. The number of carbonyl (C=O) groups excluding carboxylic acids is 1. The third-order valence-electron chi connectivity index (χ3n) is 4.65. The summed E-state index contributed by atoms with van der Waals surface area (Å²) in [6, 6.07) is 17.7. The van der Waals surface area contributed by atoms with E-state index in [2.05, 4.69) is 37.4 Å². The molecule has 0 saturated heterocycles. The van der Waals surface area contributed by atoms with E-state index in [0.29, 0.717) is 12.1 Å². The minimum atomic E-state index is -0.229. The maximum absolute atomic E-state index is 13.1. The summed E-state index contributed by atoms with van der Waals surface area (Å²) in [7, 11) is 0. The van der Waals surface area contributed by atoms with Gasteiger partial charge >= 0.3 is 0 Å². The van der Waals surface area contributed by atoms with Crippen LogP contribution in [0.25, 0.3) is 0 Å². The molecule has 3 aromatic rings. The van der Waals surface area contributed by atoms with E-state index >= 15 is 0 Å². The van der Waals surface area contributed by atoms with Crippen LogP contribution in [0.4, 0.5) is 5.69 Å². The number of para-hydroxylation sites is 1. The molecule has 1 aliphatic rings. The van der Waals surface area contributed by atoms with Crippen LogP contribution in [0.2, 0.25) is 0 Å². The number of nitrogens with one attached hydrogen (secondary N) is 1. The van der Waals surface area contributed by atoms with Gasteiger partial charge in [0, 0.05) is 5.69 Å². The molecule has 0 unspecified atom stereocenters. The molecule has 0 bridgehead atoms. The Labute approximate surface area is 147 Å². The maximum atomic E-state index is 13.1. The summed E-state index contributed by atoms with van der Waals surface area (Å²) in [6.07, 6.45) is 1.41. The standard InChI is InChI=1S/C21H20N2O2/c1-14-9-10-17(15(2)12-14)20-22-19-8-4-3-7-18(19)21(24)23(20)13-16-6-5-11-25-16/h3-12,20,22H,13H2,1-2H3/t20-/m1/s1. The summed E-state index contributed by atoms with van der Waals surface area (Å²) in [5, 5.41) is 3.53. The fraction of sp³-hybridized carbons (Fsp3) is 0.190. The average molecular weight is 332 g/mol. The van der Waals surface area contributed by atoms with Crippen molar-refractivity contribution in [2.24, 2.45) is 0 Å². The topological polar surface area (TPSA) is 45.5 Å². The van der Waals surface area contributed by atoms with E-state index in [9.17, 15) is 4.79 Å². The van der Waals surface area contributed by atoms with Crippen LogP contribution in [0.1, 0.15) is 39.0 Å². The van der Waals surface area contributed by atoms with Crippen molar-refractivity contribution in [2.45, 2.75) is 26.6 Å². The zero-order valence-electron chi connectivity index (χ0n) is 14.3. The highest BCUT2D eigenvalue weighted by Crippen LogP contribution is 2.35. The van der Waals surface area contributed by atoms with Crippen molar-refractivity contribution >= 4 is 11.6 Å². The Balaban J connectivity index is 1.80. The Kier molecular flexibility index (Phi) is 3.80. The van der Waals surface area contributed by atoms with E-state index in [1.54, 1.807) is 6.26 Å². The lowest BCUT2D eigenvalue weighted by atomic mass is 9.98. The van der Waals surface area contributed by atoms with Crippen LogP contribution >= 0.6 is 0 Å². The Morgan fingerprint density at radius 1 is 1.08 bits per heavy atom. The van der Waals surface area contributed by atoms with Crippen LogP contribution in [-0.4, -0.2) is 10.8 Å². The molecule has 4 rings (SSSR count). The van der Waals surface area contributed by atoms with Crippen molar-refractivity contribution in [2.75, 3.05) is 5.32 Å². The number of rotatable bonds is 3. The molecule has 25 heavy (non-hydrogen) atoms. The molecule has 126 valence electrons. The summed E-state index contributed by atoms with van der Waals surface area (Å²) in [6.45, 7) is 4.58. The maximum Gasteiger partial charge on any atom is 0.258 e. The number of hydrogen-bond donors (Lipinski definition) is 1. The molecule has 4 nitrogen and oxygen atoms in total. The van der Waals surface area contributed by atoms with Gasteiger partial charge in [-0.25, -0.2) is 0 Å². The highest BCUT2D eigenvalue weighted by Gasteiger charge is 2.33. The van der Waals surface area contributed by atoms with E-state index in [1.807, 2.05) is 41.3 Å². The van der Waals surface area contributed by atoms with Crippen LogP contribution in [0.15, 0.2) is 65.3 Å². The quantitative estimate of drug-likeness (QED) is 0.758. The molecule has 0 fully saturated rings. The van der Waals surface area contributed by atoms with Crippen LogP contribution in [0, 0.1) is 13.8 Å². The van der Waals surface area contributed by atoms with Gasteiger partial charge in [-0.2, -0.15) is 0 Å². The number of fused-ring (bicyclic) bond motifs is 1. The highest BCUT2D eigenvalue weighted by molar-refractivity contribution is 6.01. The lowest BCUT2D eigenvalue weighted by molar-refractivity contribution is 0.0651. The first-order valence-electron chi connectivity index (χ1n) is 8.39. The summed E-state index contributed by atoms with van der Waals surface area (Å²) in [5.74, 6) is 0.778. The Morgan fingerprint density at radius 3 is 2.68 bits per heavy atom. The van der Waals surface area contributed by atoms with E-state index in [-0.39, 0.29) is 12.1 Å². The molecule has 1 aromatic heterocycles. The number of anilines is 1. The molecule has 1 aliphatic heterocycles. The summed E-state index contributed by atoms with van der Waals surface area (Å²) < 4.78 is 5.48. The molecular formula is C21H20N2O2. The van der Waals surface area contributed by atoms with Crippen molar-refractivity contribution in [1.29, 1.82) is 0 Å². The van der Waals surface area contributed by atoms with Crippen LogP contribution in [0.3, 0.4) is 0 Å². The van der Waals surface area contributed by atoms with Gasteiger partial charge in [0.15, 0.2) is 0 Å². The van der Waals surface area contributed by atoms with Gasteiger partial charge in [0.25, 0.3) is 5.91 Å². The van der Waals surface area contributed by atoms with Crippen LogP contribution in [-0.2, 0) is 6.54 Å². The minimum absolute atomic E-state index is 0.00993. The largest absolute Gasteiger partial charge is 0.467 e. The predicted molar refractivity (Wildman–Crippen MR) is 97.3 cm³/mol. The number of nitrogens with zero attached hydrogens (tertiary/aromatic N) is 1. The summed E-state index contributed by atoms with van der Waals surface area (Å²) in [5.41, 5.74) is 5.03. The highest BCUT2D eigenvalue weighted by atomic mass is 16.3. The van der Waals surface area contributed by atoms with Gasteiger partial charge in [0.1, 0.15) is 11.9 Å². The second-order valence-electron chi connectivity index (χ2n) is 6.46. The fourth-order valence-corrected chi connectivity index (χ4v) is 3.40. The van der Waals surface area contributed by atoms with Gasteiger partial charge in [-0.3, -0.25) is 4.79 Å². The Morgan fingerprint density at radius 2 is 1.92 bits per heavy atom. The Bertz CT molecular complexity index is 915. The lowest BCUT2D eigenvalue weighted by Crippen LogP contribution is -2.42. The Hall–Kier alpha value is -3.01. The zero-order valence-corrected chi connectivity index (χ0v) is 14.3. The third kappa shape index (κ3) is 2.80. The number of aryl methyl sites for hydroxylation is 2. The zero-order chi connectivity index (χ0) is 17.4. The third-order valence-corrected chi connectivity index (χ3v) is 4.65. The second kappa shape index (κ2) is 6.13. The van der Waals surface area contributed by atoms with Gasteiger partial charge in [0.2, 0.25) is 0 Å². The SMILES string of the molecule is Cc1ccc([C@@H]2Nc3ccccc3C(=O)N2Cc2ccco2)c(C)c1. The molecular weight excluding hydrogens is 312 g/mol. The number of hydrogen-bond acceptors (Lipinski definition) is 3. The first-order chi connectivity index (χ1) is 12.1. The monoisotopic (exact) mass is 332 g/mol. The van der Waals surface area contributed by atoms with Crippen molar-refractivity contribution < 1.29 is 9.21 Å². The van der Waals surface area contributed by atoms with Gasteiger partial charge in [-0.15, -0.1) is 0 Å². The van der Waals surface area contributed by atoms with E-state index in [4.69, 9.17) is 4.42 Å². The molecule has 0 saturated carbocycles. The van der Waals surface area contributed by atoms with Crippen molar-refractivity contribution in [1.82, 2.24) is 4.90 Å². The van der Waals surface area contributed by atoms with E-state index in [0.717, 1.165) is 22.6 Å². The fourth-order valence-electron chi connectivity index (χ4n) is 3.40. The number of furan rings is 1. The summed E-state index contributed by atoms with van der Waals surface area (Å²) >= 11 is 0. The van der Waals surface area contributed by atoms with Crippen molar-refractivity contribution in [3.8, 4) is 0 Å². The number of carbonyl (C=O) groups is 1. The molecule has 4 heteroatoms. The smallest absolute Gasteiger partial charge is 0.258 e. The summed E-state index contributed by atoms with van der Waals surface area (Å²) in [4.78, 5) is 15.0. The molecule has 1 amide bonds. The lowest BCUT2D eigenvalue weighted by Gasteiger charge is -2.38. The van der Waals surface area contributed by atoms with Gasteiger partial charge in [-0.05, 0) is 49.2 Å². The second-order valence-corrected chi connectivity index (χ2v) is 6.46. The predicted octanol–water partition coefficient (Wildman–Crippen LogP) is 4.66. The van der Waals surface area contributed by atoms with Crippen molar-refractivity contribution in [3.05, 3.63) is 88.9 Å². The normalized spacial score (nSPS) is 16.5. The van der Waals surface area contributed by atoms with Gasteiger partial charge in [-0.1, -0.05) is 35.9 Å². The van der Waals surface area contributed by atoms with Gasteiger partial charge in [0.05, 0.1) is 18.4 Å². The molecule has 1 atom stereocenters. The molecule has 2 heterocycles. The number of amides is 1. The first kappa shape index (κ1) is 15.5. The van der Waals surface area contributed by atoms with E-state index < -0.39 is 0 Å². The molecule has 0 spiro atoms. The first-order valence-corrected chi connectivity index (χ1v) is 8.39. The molecule has 0 radical (unpaired) electrons. The van der Waals surface area contributed by atoms with Crippen LogP contribution < -0.4 is 5.32 Å². The van der Waals surface area contributed by atoms with Crippen molar-refractivity contribution in [3.63, 3.8) is 0 Å².